The van der Waals surface area contributed by atoms with Gasteiger partial charge >= 0.3 is 0 Å². The Morgan fingerprint density at radius 2 is 1.75 bits per heavy atom. The molecule has 0 atom stereocenters. The van der Waals surface area contributed by atoms with Crippen molar-refractivity contribution >= 4 is 28.3 Å². The number of halogens is 1. The Kier molecular flexibility index (Phi) is 4.95. The lowest BCUT2D eigenvalue weighted by atomic mass is 10.2. The molecule has 0 aliphatic heterocycles. The van der Waals surface area contributed by atoms with Gasteiger partial charge in [0.25, 0.3) is 11.8 Å². The number of nitrogens with one attached hydrogen (secondary N) is 1. The largest absolute Gasteiger partial charge is 0.436 e. The van der Waals surface area contributed by atoms with E-state index in [0.29, 0.717) is 29.4 Å². The van der Waals surface area contributed by atoms with Crippen molar-refractivity contribution in [2.24, 2.45) is 0 Å². The summed E-state index contributed by atoms with van der Waals surface area (Å²) in [5.41, 5.74) is 2.69. The average molecular weight is 427 g/mol. The highest BCUT2D eigenvalue weighted by atomic mass is 19.1. The lowest BCUT2D eigenvalue weighted by Gasteiger charge is -2.10. The molecule has 0 unspecified atom stereocenters. The fraction of sp³-hybridized carbons (Fsp3) is 0.0833. The van der Waals surface area contributed by atoms with Crippen LogP contribution in [0.2, 0.25) is 0 Å². The molecule has 8 heteroatoms. The van der Waals surface area contributed by atoms with E-state index in [1.807, 2.05) is 35.6 Å². The number of anilines is 1. The van der Waals surface area contributed by atoms with Crippen LogP contribution in [-0.2, 0) is 6.42 Å². The van der Waals surface area contributed by atoms with Crippen molar-refractivity contribution in [1.29, 1.82) is 0 Å². The van der Waals surface area contributed by atoms with E-state index in [0.717, 1.165) is 16.9 Å². The Hall–Kier alpha value is -4.33. The van der Waals surface area contributed by atoms with Crippen molar-refractivity contribution in [3.05, 3.63) is 90.0 Å². The zero-order valence-electron chi connectivity index (χ0n) is 17.1. The first-order valence-corrected chi connectivity index (χ1v) is 10.1. The van der Waals surface area contributed by atoms with E-state index in [-0.39, 0.29) is 5.56 Å². The summed E-state index contributed by atoms with van der Waals surface area (Å²) in [7, 11) is 0. The molecule has 0 aliphatic rings. The predicted octanol–water partition coefficient (Wildman–Crippen LogP) is 5.02. The smallest absolute Gasteiger partial charge is 0.266 e. The number of rotatable bonds is 5. The van der Waals surface area contributed by atoms with Crippen molar-refractivity contribution < 1.29 is 13.9 Å². The molecule has 0 fully saturated rings. The second-order valence-corrected chi connectivity index (χ2v) is 7.09. The van der Waals surface area contributed by atoms with Crippen molar-refractivity contribution in [3.8, 4) is 11.6 Å². The molecule has 0 spiro atoms. The molecule has 5 rings (SSSR count). The van der Waals surface area contributed by atoms with Gasteiger partial charge in [-0.15, -0.1) is 10.2 Å². The van der Waals surface area contributed by atoms with Crippen LogP contribution in [0.5, 0.6) is 11.6 Å². The van der Waals surface area contributed by atoms with Crippen molar-refractivity contribution in [1.82, 2.24) is 19.6 Å². The summed E-state index contributed by atoms with van der Waals surface area (Å²) in [6.07, 6.45) is 0.713. The van der Waals surface area contributed by atoms with Gasteiger partial charge in [0.15, 0.2) is 0 Å². The molecule has 0 saturated heterocycles. The van der Waals surface area contributed by atoms with Gasteiger partial charge in [0.2, 0.25) is 5.65 Å². The first kappa shape index (κ1) is 19.6. The summed E-state index contributed by atoms with van der Waals surface area (Å²) in [6, 6.07) is 20.3. The number of fused-ring (bicyclic) bond motifs is 3. The molecule has 158 valence electrons. The van der Waals surface area contributed by atoms with Crippen LogP contribution in [0, 0.1) is 5.82 Å². The Morgan fingerprint density at radius 3 is 2.53 bits per heavy atom. The van der Waals surface area contributed by atoms with Crippen LogP contribution in [0.25, 0.3) is 16.7 Å². The number of aryl methyl sites for hydroxylation is 1. The van der Waals surface area contributed by atoms with Crippen LogP contribution in [0.1, 0.15) is 23.1 Å². The van der Waals surface area contributed by atoms with Crippen LogP contribution < -0.4 is 10.1 Å². The van der Waals surface area contributed by atoms with Crippen molar-refractivity contribution in [3.63, 3.8) is 0 Å². The molecule has 0 aliphatic carbocycles. The number of para-hydroxylation sites is 2. The van der Waals surface area contributed by atoms with Crippen LogP contribution in [0.4, 0.5) is 10.1 Å². The second kappa shape index (κ2) is 8.07. The first-order chi connectivity index (χ1) is 15.6. The third-order valence-electron chi connectivity index (χ3n) is 5.03. The fourth-order valence-corrected chi connectivity index (χ4v) is 3.47. The zero-order valence-corrected chi connectivity index (χ0v) is 17.1. The van der Waals surface area contributed by atoms with Crippen molar-refractivity contribution in [2.45, 2.75) is 13.3 Å². The zero-order chi connectivity index (χ0) is 22.1. The number of carbonyl (C=O) groups excluding carboxylic acids is 1. The Morgan fingerprint density at radius 1 is 1.00 bits per heavy atom. The lowest BCUT2D eigenvalue weighted by Crippen LogP contribution is -2.13. The number of ether oxygens (including phenoxy) is 1. The molecule has 1 amide bonds. The molecule has 0 radical (unpaired) electrons. The Bertz CT molecular complexity index is 1450. The summed E-state index contributed by atoms with van der Waals surface area (Å²) in [5, 5.41) is 11.2. The number of hydrogen-bond donors (Lipinski definition) is 1. The van der Waals surface area contributed by atoms with Gasteiger partial charge in [-0.1, -0.05) is 31.2 Å². The normalized spacial score (nSPS) is 11.1. The summed E-state index contributed by atoms with van der Waals surface area (Å²) in [4.78, 5) is 16.9. The standard InChI is InChI=1S/C24H18FN5O2/c1-2-21-28-29-22-24(27-19-9-5-6-10-20(19)30(21)22)32-16-13-11-15(12-14-16)26-23(31)17-7-3-4-8-18(17)25/h3-14H,2H2,1H3,(H,26,31). The molecule has 0 saturated carbocycles. The number of aromatic nitrogens is 4. The molecular formula is C24H18FN5O2. The predicted molar refractivity (Wildman–Crippen MR) is 119 cm³/mol. The molecule has 1 N–H and O–H groups in total. The maximum Gasteiger partial charge on any atom is 0.266 e. The van der Waals surface area contributed by atoms with E-state index >= 15 is 0 Å². The van der Waals surface area contributed by atoms with Gasteiger partial charge in [0.1, 0.15) is 17.4 Å². The maximum absolute atomic E-state index is 13.8. The maximum atomic E-state index is 13.8. The minimum Gasteiger partial charge on any atom is -0.436 e. The van der Waals surface area contributed by atoms with E-state index in [4.69, 9.17) is 4.74 Å². The molecule has 5 aromatic rings. The van der Waals surface area contributed by atoms with Crippen LogP contribution >= 0.6 is 0 Å². The van der Waals surface area contributed by atoms with E-state index < -0.39 is 11.7 Å². The van der Waals surface area contributed by atoms with Gasteiger partial charge in [-0.2, -0.15) is 0 Å². The fourth-order valence-electron chi connectivity index (χ4n) is 3.47. The molecule has 2 aromatic heterocycles. The highest BCUT2D eigenvalue weighted by Crippen LogP contribution is 2.28. The topological polar surface area (TPSA) is 81.4 Å². The summed E-state index contributed by atoms with van der Waals surface area (Å²) in [5.74, 6) is 0.564. The molecule has 0 bridgehead atoms. The Labute approximate surface area is 182 Å². The van der Waals surface area contributed by atoms with Gasteiger partial charge < -0.3 is 10.1 Å². The number of hydrogen-bond acceptors (Lipinski definition) is 5. The van der Waals surface area contributed by atoms with Crippen molar-refractivity contribution in [2.75, 3.05) is 5.32 Å². The van der Waals surface area contributed by atoms with Crippen LogP contribution in [0.15, 0.2) is 72.8 Å². The average Bonchev–Trinajstić information content (AvgIpc) is 3.25. The highest BCUT2D eigenvalue weighted by Gasteiger charge is 2.16. The highest BCUT2D eigenvalue weighted by molar-refractivity contribution is 6.04. The quantitative estimate of drug-likeness (QED) is 0.426. The molecule has 7 nitrogen and oxygen atoms in total. The minimum absolute atomic E-state index is 0.0193. The molecule has 2 heterocycles. The van der Waals surface area contributed by atoms with Gasteiger partial charge in [0.05, 0.1) is 16.6 Å². The number of carbonyl (C=O) groups is 1. The minimum atomic E-state index is -0.573. The summed E-state index contributed by atoms with van der Waals surface area (Å²) < 4.78 is 21.8. The van der Waals surface area contributed by atoms with Gasteiger partial charge in [0, 0.05) is 12.1 Å². The van der Waals surface area contributed by atoms with E-state index in [9.17, 15) is 9.18 Å². The van der Waals surface area contributed by atoms with Gasteiger partial charge in [-0.05, 0) is 48.5 Å². The number of benzene rings is 3. The van der Waals surface area contributed by atoms with Gasteiger partial charge in [-0.3, -0.25) is 9.20 Å². The number of nitrogens with zero attached hydrogens (tertiary/aromatic N) is 4. The van der Waals surface area contributed by atoms with E-state index in [1.165, 1.54) is 18.2 Å². The monoisotopic (exact) mass is 427 g/mol. The number of amides is 1. The molecule has 32 heavy (non-hydrogen) atoms. The third-order valence-corrected chi connectivity index (χ3v) is 5.03. The SMILES string of the molecule is CCc1nnc2c(Oc3ccc(NC(=O)c4ccccc4F)cc3)nc3ccccc3n12. The third kappa shape index (κ3) is 3.51. The molecule has 3 aromatic carbocycles. The Balaban J connectivity index is 1.43. The van der Waals surface area contributed by atoms with E-state index in [1.54, 1.807) is 30.3 Å². The summed E-state index contributed by atoms with van der Waals surface area (Å²) in [6.45, 7) is 2.01. The first-order valence-electron chi connectivity index (χ1n) is 10.1. The van der Waals surface area contributed by atoms with Crippen LogP contribution in [-0.4, -0.2) is 25.5 Å². The van der Waals surface area contributed by atoms with Crippen LogP contribution in [0.3, 0.4) is 0 Å². The van der Waals surface area contributed by atoms with Gasteiger partial charge in [-0.25, -0.2) is 9.37 Å². The molecular weight excluding hydrogens is 409 g/mol. The second-order valence-electron chi connectivity index (χ2n) is 7.09. The van der Waals surface area contributed by atoms with E-state index in [2.05, 4.69) is 20.5 Å². The lowest BCUT2D eigenvalue weighted by molar-refractivity contribution is 0.102. The summed E-state index contributed by atoms with van der Waals surface area (Å²) >= 11 is 0.